The summed E-state index contributed by atoms with van der Waals surface area (Å²) in [5.74, 6) is -0.396. The topological polar surface area (TPSA) is 82.1 Å². The van der Waals surface area contributed by atoms with Crippen LogP contribution >= 0.6 is 0 Å². The molecule has 1 aromatic carbocycles. The first kappa shape index (κ1) is 21.0. The lowest BCUT2D eigenvalue weighted by atomic mass is 9.90. The van der Waals surface area contributed by atoms with Gasteiger partial charge in [-0.25, -0.2) is 0 Å². The number of hydrogen-bond donors (Lipinski definition) is 1. The van der Waals surface area contributed by atoms with Gasteiger partial charge in [-0.2, -0.15) is 4.99 Å². The Morgan fingerprint density at radius 2 is 1.90 bits per heavy atom. The molecule has 2 heterocycles. The van der Waals surface area contributed by atoms with Gasteiger partial charge in [-0.05, 0) is 44.1 Å². The standard InChI is InChI=1S/C24H28N4O3/c1-24(16-21(29)26-20-14-8-9-15-28(20)24)23(31)27(19-12-6-3-7-13-19)17-22(30)25-18-10-4-2-5-11-18/h3,6-9,12-15,18H,2,4-5,10-11,16-17H2,1H3,(H,25,30). The highest BCUT2D eigenvalue weighted by Gasteiger charge is 2.47. The van der Waals surface area contributed by atoms with Crippen LogP contribution in [0.2, 0.25) is 0 Å². The number of carbonyl (C=O) groups is 3. The van der Waals surface area contributed by atoms with E-state index in [1.165, 1.54) is 11.3 Å². The maximum Gasteiger partial charge on any atom is 0.254 e. The molecule has 0 spiro atoms. The van der Waals surface area contributed by atoms with Gasteiger partial charge in [0.15, 0.2) is 0 Å². The summed E-state index contributed by atoms with van der Waals surface area (Å²) in [5, 5.41) is 3.09. The van der Waals surface area contributed by atoms with Crippen LogP contribution in [0.5, 0.6) is 0 Å². The summed E-state index contributed by atoms with van der Waals surface area (Å²) >= 11 is 0. The number of benzene rings is 1. The van der Waals surface area contributed by atoms with Gasteiger partial charge in [-0.3, -0.25) is 14.4 Å². The molecule has 1 atom stereocenters. The minimum atomic E-state index is -1.17. The number of nitrogens with one attached hydrogen (secondary N) is 1. The van der Waals surface area contributed by atoms with Crippen molar-refractivity contribution in [1.82, 2.24) is 10.2 Å². The first-order chi connectivity index (χ1) is 15.0. The molecule has 7 heteroatoms. The Balaban J connectivity index is 1.60. The van der Waals surface area contributed by atoms with E-state index in [0.29, 0.717) is 11.5 Å². The Hall–Kier alpha value is -3.22. The summed E-state index contributed by atoms with van der Waals surface area (Å²) in [6.07, 6.45) is 12.4. The third-order valence-corrected chi connectivity index (χ3v) is 6.15. The zero-order valence-corrected chi connectivity index (χ0v) is 17.8. The Labute approximate surface area is 182 Å². The van der Waals surface area contributed by atoms with Gasteiger partial charge in [0.05, 0.1) is 6.42 Å². The van der Waals surface area contributed by atoms with Crippen molar-refractivity contribution >= 4 is 29.2 Å². The lowest BCUT2D eigenvalue weighted by molar-refractivity contribution is -0.133. The number of carbonyl (C=O) groups excluding carboxylic acids is 3. The number of amides is 3. The Morgan fingerprint density at radius 1 is 1.16 bits per heavy atom. The molecule has 7 nitrogen and oxygen atoms in total. The van der Waals surface area contributed by atoms with Crippen molar-refractivity contribution in [3.05, 3.63) is 54.8 Å². The van der Waals surface area contributed by atoms with Crippen molar-refractivity contribution in [2.75, 3.05) is 11.4 Å². The van der Waals surface area contributed by atoms with Crippen LogP contribution in [0.4, 0.5) is 5.69 Å². The molecule has 1 unspecified atom stereocenters. The highest BCUT2D eigenvalue weighted by molar-refractivity contribution is 6.13. The van der Waals surface area contributed by atoms with Crippen LogP contribution in [0, 0.1) is 0 Å². The first-order valence-electron chi connectivity index (χ1n) is 10.9. The smallest absolute Gasteiger partial charge is 0.254 e. The number of fused-ring (bicyclic) bond motifs is 1. The molecule has 4 rings (SSSR count). The SMILES string of the molecule is CC1(C(=O)N(CC(=O)NC2CCCCC2)c2ccccc2)CC(=O)N=C2C=CC=CN21. The largest absolute Gasteiger partial charge is 0.352 e. The van der Waals surface area contributed by atoms with E-state index in [0.717, 1.165) is 25.7 Å². The van der Waals surface area contributed by atoms with Crippen LogP contribution in [0.15, 0.2) is 59.8 Å². The molecule has 3 aliphatic rings. The minimum Gasteiger partial charge on any atom is -0.352 e. The quantitative estimate of drug-likeness (QED) is 0.794. The number of allylic oxidation sites excluding steroid dienone is 2. The molecule has 0 saturated heterocycles. The van der Waals surface area contributed by atoms with Crippen LogP contribution in [-0.4, -0.2) is 46.6 Å². The molecule has 0 bridgehead atoms. The molecule has 1 saturated carbocycles. The molecule has 31 heavy (non-hydrogen) atoms. The van der Waals surface area contributed by atoms with Crippen molar-refractivity contribution in [3.8, 4) is 0 Å². The summed E-state index contributed by atoms with van der Waals surface area (Å²) in [6.45, 7) is 1.64. The summed E-state index contributed by atoms with van der Waals surface area (Å²) in [5.41, 5.74) is -0.545. The maximum atomic E-state index is 13.9. The number of para-hydroxylation sites is 1. The molecule has 162 valence electrons. The number of hydrogen-bond acceptors (Lipinski definition) is 4. The zero-order valence-electron chi connectivity index (χ0n) is 17.8. The van der Waals surface area contributed by atoms with E-state index in [1.54, 1.807) is 42.3 Å². The molecule has 0 aromatic heterocycles. The fourth-order valence-corrected chi connectivity index (χ4v) is 4.51. The number of anilines is 1. The Kier molecular flexibility index (Phi) is 6.02. The van der Waals surface area contributed by atoms with E-state index in [9.17, 15) is 14.4 Å². The number of amidine groups is 1. The third kappa shape index (κ3) is 4.45. The van der Waals surface area contributed by atoms with Gasteiger partial charge < -0.3 is 15.1 Å². The first-order valence-corrected chi connectivity index (χ1v) is 10.9. The highest BCUT2D eigenvalue weighted by atomic mass is 16.2. The van der Waals surface area contributed by atoms with Crippen LogP contribution < -0.4 is 10.2 Å². The second-order valence-corrected chi connectivity index (χ2v) is 8.51. The summed E-state index contributed by atoms with van der Waals surface area (Å²) < 4.78 is 0. The lowest BCUT2D eigenvalue weighted by Gasteiger charge is -2.44. The average Bonchev–Trinajstić information content (AvgIpc) is 2.78. The predicted molar refractivity (Wildman–Crippen MR) is 119 cm³/mol. The van der Waals surface area contributed by atoms with Crippen LogP contribution in [0.25, 0.3) is 0 Å². The Morgan fingerprint density at radius 3 is 2.65 bits per heavy atom. The van der Waals surface area contributed by atoms with Gasteiger partial charge in [0, 0.05) is 17.9 Å². The molecule has 1 N–H and O–H groups in total. The molecular formula is C24H28N4O3. The highest BCUT2D eigenvalue weighted by Crippen LogP contribution is 2.31. The zero-order chi connectivity index (χ0) is 21.8. The van der Waals surface area contributed by atoms with Crippen LogP contribution in [0.3, 0.4) is 0 Å². The fourth-order valence-electron chi connectivity index (χ4n) is 4.51. The van der Waals surface area contributed by atoms with Crippen LogP contribution in [-0.2, 0) is 14.4 Å². The van der Waals surface area contributed by atoms with Gasteiger partial charge in [0.25, 0.3) is 11.8 Å². The van der Waals surface area contributed by atoms with E-state index >= 15 is 0 Å². The molecule has 3 amide bonds. The maximum absolute atomic E-state index is 13.9. The molecule has 1 fully saturated rings. The summed E-state index contributed by atoms with van der Waals surface area (Å²) in [4.78, 5) is 46.4. The monoisotopic (exact) mass is 420 g/mol. The van der Waals surface area contributed by atoms with Crippen molar-refractivity contribution in [2.24, 2.45) is 4.99 Å². The van der Waals surface area contributed by atoms with Gasteiger partial charge in [-0.15, -0.1) is 0 Å². The van der Waals surface area contributed by atoms with Gasteiger partial charge in [0.2, 0.25) is 5.91 Å². The second-order valence-electron chi connectivity index (χ2n) is 8.51. The minimum absolute atomic E-state index is 0.0545. The number of aliphatic imine (C=N–C) groups is 1. The lowest BCUT2D eigenvalue weighted by Crippen LogP contribution is -2.62. The predicted octanol–water partition coefficient (Wildman–Crippen LogP) is 2.94. The Bertz CT molecular complexity index is 947. The van der Waals surface area contributed by atoms with Gasteiger partial charge >= 0.3 is 0 Å². The van der Waals surface area contributed by atoms with Gasteiger partial charge in [0.1, 0.15) is 17.9 Å². The average molecular weight is 421 g/mol. The molecule has 1 aromatic rings. The van der Waals surface area contributed by atoms with E-state index < -0.39 is 5.54 Å². The second kappa shape index (κ2) is 8.88. The van der Waals surface area contributed by atoms with Gasteiger partial charge in [-0.1, -0.05) is 43.5 Å². The van der Waals surface area contributed by atoms with E-state index in [4.69, 9.17) is 0 Å². The van der Waals surface area contributed by atoms with E-state index in [-0.39, 0.29) is 36.7 Å². The summed E-state index contributed by atoms with van der Waals surface area (Å²) in [6, 6.07) is 9.30. The van der Waals surface area contributed by atoms with Crippen molar-refractivity contribution < 1.29 is 14.4 Å². The van der Waals surface area contributed by atoms with Crippen molar-refractivity contribution in [3.63, 3.8) is 0 Å². The van der Waals surface area contributed by atoms with Crippen LogP contribution in [0.1, 0.15) is 45.4 Å². The van der Waals surface area contributed by atoms with Crippen molar-refractivity contribution in [1.29, 1.82) is 0 Å². The van der Waals surface area contributed by atoms with E-state index in [2.05, 4.69) is 10.3 Å². The van der Waals surface area contributed by atoms with Crippen molar-refractivity contribution in [2.45, 2.75) is 57.0 Å². The molecule has 1 aliphatic carbocycles. The third-order valence-electron chi connectivity index (χ3n) is 6.15. The molecule has 0 radical (unpaired) electrons. The van der Waals surface area contributed by atoms with E-state index in [1.807, 2.05) is 24.3 Å². The molecular weight excluding hydrogens is 392 g/mol. The fraction of sp³-hybridized carbons (Fsp3) is 0.417. The summed E-state index contributed by atoms with van der Waals surface area (Å²) in [7, 11) is 0. The normalized spacial score (nSPS) is 23.2. The number of rotatable bonds is 5. The molecule has 2 aliphatic heterocycles. The number of nitrogens with zero attached hydrogens (tertiary/aromatic N) is 3.